The zero-order valence-corrected chi connectivity index (χ0v) is 13.1. The molecule has 0 aliphatic heterocycles. The Kier molecular flexibility index (Phi) is 4.28. The van der Waals surface area contributed by atoms with Gasteiger partial charge in [-0.1, -0.05) is 11.6 Å². The summed E-state index contributed by atoms with van der Waals surface area (Å²) in [5.41, 5.74) is -0.522. The molecule has 108 valence electrons. The van der Waals surface area contributed by atoms with Crippen molar-refractivity contribution in [2.75, 3.05) is 7.05 Å². The van der Waals surface area contributed by atoms with Crippen LogP contribution in [-0.2, 0) is 16.6 Å². The van der Waals surface area contributed by atoms with E-state index in [1.54, 1.807) is 6.20 Å². The molecule has 0 spiro atoms. The lowest BCUT2D eigenvalue weighted by molar-refractivity contribution is 0.469. The van der Waals surface area contributed by atoms with Crippen LogP contribution >= 0.6 is 22.9 Å². The molecule has 6 nitrogen and oxygen atoms in total. The molecule has 0 aliphatic rings. The van der Waals surface area contributed by atoms with Gasteiger partial charge in [-0.25, -0.2) is 13.4 Å². The number of H-pyrrole nitrogens is 1. The molecule has 0 saturated heterocycles. The quantitative estimate of drug-likeness (QED) is 0.921. The molecule has 0 amide bonds. The summed E-state index contributed by atoms with van der Waals surface area (Å²) in [4.78, 5) is 18.3. The summed E-state index contributed by atoms with van der Waals surface area (Å²) in [5.74, 6) is 0. The van der Waals surface area contributed by atoms with Gasteiger partial charge in [0.2, 0.25) is 10.0 Å². The van der Waals surface area contributed by atoms with Crippen LogP contribution in [0.2, 0.25) is 5.02 Å². The summed E-state index contributed by atoms with van der Waals surface area (Å²) in [5, 5.41) is 0.714. The third kappa shape index (κ3) is 3.09. The molecular formula is C11H12ClN3O3S2. The second-order valence-corrected chi connectivity index (χ2v) is 7.89. The molecule has 20 heavy (non-hydrogen) atoms. The predicted molar refractivity (Wildman–Crippen MR) is 77.6 cm³/mol. The first-order chi connectivity index (χ1) is 9.30. The molecule has 2 aromatic heterocycles. The average molecular weight is 334 g/mol. The average Bonchev–Trinajstić information content (AvgIpc) is 2.78. The Morgan fingerprint density at radius 1 is 1.50 bits per heavy atom. The Hall–Kier alpha value is -1.22. The number of hydrogen-bond acceptors (Lipinski definition) is 5. The smallest absolute Gasteiger partial charge is 0.266 e. The summed E-state index contributed by atoms with van der Waals surface area (Å²) < 4.78 is 25.9. The van der Waals surface area contributed by atoms with E-state index in [0.717, 1.165) is 22.1 Å². The zero-order valence-electron chi connectivity index (χ0n) is 10.8. The minimum absolute atomic E-state index is 0.0502. The maximum absolute atomic E-state index is 12.3. The van der Waals surface area contributed by atoms with Crippen LogP contribution in [0.3, 0.4) is 0 Å². The zero-order chi connectivity index (χ0) is 14.9. The van der Waals surface area contributed by atoms with Crippen LogP contribution in [0, 0.1) is 6.92 Å². The molecule has 2 rings (SSSR count). The summed E-state index contributed by atoms with van der Waals surface area (Å²) in [6.45, 7) is 2.06. The fourth-order valence-electron chi connectivity index (χ4n) is 1.55. The predicted octanol–water partition coefficient (Wildman–Crippen LogP) is 1.61. The normalized spacial score (nSPS) is 12.0. The van der Waals surface area contributed by atoms with Crippen LogP contribution < -0.4 is 5.56 Å². The first kappa shape index (κ1) is 15.2. The number of sulfonamides is 1. The Bertz CT molecular complexity index is 782. The number of aryl methyl sites for hydroxylation is 1. The van der Waals surface area contributed by atoms with E-state index in [9.17, 15) is 13.2 Å². The van der Waals surface area contributed by atoms with Crippen molar-refractivity contribution < 1.29 is 8.42 Å². The van der Waals surface area contributed by atoms with Crippen LogP contribution in [0.5, 0.6) is 0 Å². The standard InChI is InChI=1S/C11H12ClN3O3S2/c1-7-13-4-8(19-7)6-15(2)20(17,18)9-3-10(12)11(16)14-5-9/h3-5H,6H2,1-2H3,(H,14,16). The van der Waals surface area contributed by atoms with Crippen LogP contribution in [0.15, 0.2) is 28.2 Å². The lowest BCUT2D eigenvalue weighted by atomic mass is 10.5. The number of pyridine rings is 1. The summed E-state index contributed by atoms with van der Waals surface area (Å²) in [7, 11) is -2.25. The molecule has 9 heteroatoms. The molecule has 0 atom stereocenters. The fraction of sp³-hybridized carbons (Fsp3) is 0.273. The van der Waals surface area contributed by atoms with Gasteiger partial charge in [-0.15, -0.1) is 11.3 Å². The summed E-state index contributed by atoms with van der Waals surface area (Å²) in [6.07, 6.45) is 2.78. The summed E-state index contributed by atoms with van der Waals surface area (Å²) >= 11 is 7.09. The van der Waals surface area contributed by atoms with Crippen molar-refractivity contribution in [1.29, 1.82) is 0 Å². The van der Waals surface area contributed by atoms with Crippen molar-refractivity contribution >= 4 is 33.0 Å². The second kappa shape index (κ2) is 5.65. The number of nitrogens with one attached hydrogen (secondary N) is 1. The number of aromatic nitrogens is 2. The first-order valence-electron chi connectivity index (χ1n) is 5.56. The SMILES string of the molecule is Cc1ncc(CN(C)S(=O)(=O)c2c[nH]c(=O)c(Cl)c2)s1. The second-order valence-electron chi connectivity index (χ2n) is 4.12. The maximum Gasteiger partial charge on any atom is 0.266 e. The minimum atomic E-state index is -3.71. The molecule has 0 bridgehead atoms. The minimum Gasteiger partial charge on any atom is -0.326 e. The third-order valence-electron chi connectivity index (χ3n) is 2.59. The topological polar surface area (TPSA) is 83.1 Å². The Balaban J connectivity index is 2.29. The molecule has 0 aliphatic carbocycles. The maximum atomic E-state index is 12.3. The van der Waals surface area contributed by atoms with Crippen LogP contribution in [0.25, 0.3) is 0 Å². The molecule has 2 aromatic rings. The van der Waals surface area contributed by atoms with E-state index in [-0.39, 0.29) is 16.5 Å². The van der Waals surface area contributed by atoms with Crippen molar-refractivity contribution in [2.45, 2.75) is 18.4 Å². The largest absolute Gasteiger partial charge is 0.326 e. The Labute approximate surface area is 125 Å². The molecule has 1 N–H and O–H groups in total. The first-order valence-corrected chi connectivity index (χ1v) is 8.20. The van der Waals surface area contributed by atoms with E-state index >= 15 is 0 Å². The highest BCUT2D eigenvalue weighted by molar-refractivity contribution is 7.89. The van der Waals surface area contributed by atoms with Crippen molar-refractivity contribution in [3.63, 3.8) is 0 Å². The lowest BCUT2D eigenvalue weighted by Crippen LogP contribution is -2.27. The van der Waals surface area contributed by atoms with E-state index in [4.69, 9.17) is 11.6 Å². The highest BCUT2D eigenvalue weighted by Gasteiger charge is 2.22. The van der Waals surface area contributed by atoms with E-state index in [0.29, 0.717) is 0 Å². The lowest BCUT2D eigenvalue weighted by Gasteiger charge is -2.16. The van der Waals surface area contributed by atoms with Gasteiger partial charge in [-0.05, 0) is 13.0 Å². The molecule has 0 unspecified atom stereocenters. The van der Waals surface area contributed by atoms with Gasteiger partial charge in [0.1, 0.15) is 5.02 Å². The van der Waals surface area contributed by atoms with Crippen molar-refractivity contribution in [2.24, 2.45) is 0 Å². The van der Waals surface area contributed by atoms with Gasteiger partial charge in [0.25, 0.3) is 5.56 Å². The van der Waals surface area contributed by atoms with E-state index < -0.39 is 15.6 Å². The Morgan fingerprint density at radius 3 is 2.75 bits per heavy atom. The Morgan fingerprint density at radius 2 is 2.20 bits per heavy atom. The summed E-state index contributed by atoms with van der Waals surface area (Å²) in [6, 6.07) is 1.14. The monoisotopic (exact) mass is 333 g/mol. The van der Waals surface area contributed by atoms with Gasteiger partial charge in [-0.3, -0.25) is 4.79 Å². The van der Waals surface area contributed by atoms with E-state index in [1.807, 2.05) is 6.92 Å². The van der Waals surface area contributed by atoms with Crippen LogP contribution in [0.1, 0.15) is 9.88 Å². The molecule has 2 heterocycles. The highest BCUT2D eigenvalue weighted by atomic mass is 35.5. The van der Waals surface area contributed by atoms with Gasteiger partial charge < -0.3 is 4.98 Å². The van der Waals surface area contributed by atoms with Crippen molar-refractivity contribution in [3.05, 3.63) is 43.7 Å². The van der Waals surface area contributed by atoms with E-state index in [2.05, 4.69) is 9.97 Å². The van der Waals surface area contributed by atoms with Gasteiger partial charge in [0, 0.05) is 30.9 Å². The van der Waals surface area contributed by atoms with Gasteiger partial charge in [-0.2, -0.15) is 4.31 Å². The molecule has 0 radical (unpaired) electrons. The highest BCUT2D eigenvalue weighted by Crippen LogP contribution is 2.20. The molecule has 0 saturated carbocycles. The molecule has 0 fully saturated rings. The molecule has 0 aromatic carbocycles. The number of hydrogen-bond donors (Lipinski definition) is 1. The van der Waals surface area contributed by atoms with Gasteiger partial charge in [0.15, 0.2) is 0 Å². The van der Waals surface area contributed by atoms with Crippen LogP contribution in [0.4, 0.5) is 0 Å². The number of halogens is 1. The fourth-order valence-corrected chi connectivity index (χ4v) is 3.86. The van der Waals surface area contributed by atoms with Gasteiger partial charge >= 0.3 is 0 Å². The number of thiazole rings is 1. The van der Waals surface area contributed by atoms with E-state index in [1.165, 1.54) is 22.7 Å². The van der Waals surface area contributed by atoms with Crippen molar-refractivity contribution in [1.82, 2.24) is 14.3 Å². The van der Waals surface area contributed by atoms with Crippen molar-refractivity contribution in [3.8, 4) is 0 Å². The number of nitrogens with zero attached hydrogens (tertiary/aromatic N) is 2. The van der Waals surface area contributed by atoms with Gasteiger partial charge in [0.05, 0.1) is 9.90 Å². The van der Waals surface area contributed by atoms with Crippen LogP contribution in [-0.4, -0.2) is 29.7 Å². The third-order valence-corrected chi connectivity index (χ3v) is 5.55. The molecular weight excluding hydrogens is 322 g/mol. The number of rotatable bonds is 4. The number of aromatic amines is 1.